The monoisotopic (exact) mass is 344 g/mol. The number of halogens is 1. The normalized spacial score (nSPS) is 12.5. The van der Waals surface area contributed by atoms with Crippen LogP contribution in [0, 0.1) is 0 Å². The summed E-state index contributed by atoms with van der Waals surface area (Å²) >= 11 is 3.50. The summed E-state index contributed by atoms with van der Waals surface area (Å²) in [6, 6.07) is 20.5. The third-order valence-electron chi connectivity index (χ3n) is 3.31. The van der Waals surface area contributed by atoms with Crippen LogP contribution >= 0.6 is 15.9 Å². The third kappa shape index (κ3) is 2.43. The van der Waals surface area contributed by atoms with E-state index in [4.69, 9.17) is 0 Å². The molecule has 100 valence electrons. The molecule has 0 aliphatic heterocycles. The molecule has 0 radical (unpaired) electrons. The molecule has 0 aromatic heterocycles. The first kappa shape index (κ1) is 13.5. The lowest BCUT2D eigenvalue weighted by molar-refractivity contribution is 0.686. The highest BCUT2D eigenvalue weighted by molar-refractivity contribution is 9.10. The lowest BCUT2D eigenvalue weighted by Crippen LogP contribution is -1.93. The van der Waals surface area contributed by atoms with Gasteiger partial charge < -0.3 is 0 Å². The van der Waals surface area contributed by atoms with Crippen molar-refractivity contribution in [3.8, 4) is 11.1 Å². The first-order valence-electron chi connectivity index (χ1n) is 6.28. The summed E-state index contributed by atoms with van der Waals surface area (Å²) in [7, 11) is -1.03. The van der Waals surface area contributed by atoms with Crippen molar-refractivity contribution >= 4 is 37.5 Å². The zero-order chi connectivity index (χ0) is 14.1. The van der Waals surface area contributed by atoms with Gasteiger partial charge in [-0.05, 0) is 50.0 Å². The SMILES string of the molecule is CS(=O)c1c(Br)cccc1-c1ccc2ccccc2c1. The van der Waals surface area contributed by atoms with Gasteiger partial charge >= 0.3 is 0 Å². The van der Waals surface area contributed by atoms with Crippen LogP contribution in [0.4, 0.5) is 0 Å². The lowest BCUT2D eigenvalue weighted by atomic mass is 10.0. The van der Waals surface area contributed by atoms with Crippen LogP contribution in [-0.2, 0) is 10.8 Å². The summed E-state index contributed by atoms with van der Waals surface area (Å²) in [6.45, 7) is 0. The van der Waals surface area contributed by atoms with E-state index in [1.54, 1.807) is 6.26 Å². The number of hydrogen-bond donors (Lipinski definition) is 0. The van der Waals surface area contributed by atoms with Gasteiger partial charge in [0.05, 0.1) is 15.7 Å². The summed E-state index contributed by atoms with van der Waals surface area (Å²) in [5, 5.41) is 2.41. The summed E-state index contributed by atoms with van der Waals surface area (Å²) in [5.74, 6) is 0. The molecule has 0 aliphatic carbocycles. The highest BCUT2D eigenvalue weighted by Gasteiger charge is 2.12. The summed E-state index contributed by atoms with van der Waals surface area (Å²) in [6.07, 6.45) is 1.71. The fourth-order valence-corrected chi connectivity index (χ4v) is 4.27. The molecule has 1 nitrogen and oxygen atoms in total. The predicted octanol–water partition coefficient (Wildman–Crippen LogP) is 5.01. The Bertz CT molecular complexity index is 811. The quantitative estimate of drug-likeness (QED) is 0.638. The van der Waals surface area contributed by atoms with E-state index < -0.39 is 10.8 Å². The van der Waals surface area contributed by atoms with Gasteiger partial charge in [-0.3, -0.25) is 4.21 Å². The van der Waals surface area contributed by atoms with Crippen LogP contribution in [0.5, 0.6) is 0 Å². The molecule has 0 saturated heterocycles. The number of rotatable bonds is 2. The zero-order valence-electron chi connectivity index (χ0n) is 11.0. The first-order valence-corrected chi connectivity index (χ1v) is 8.63. The maximum atomic E-state index is 12.0. The number of fused-ring (bicyclic) bond motifs is 1. The molecule has 20 heavy (non-hydrogen) atoms. The Balaban J connectivity index is 2.25. The number of benzene rings is 3. The molecule has 3 aromatic carbocycles. The van der Waals surface area contributed by atoms with E-state index in [1.165, 1.54) is 10.8 Å². The summed E-state index contributed by atoms with van der Waals surface area (Å²) < 4.78 is 12.9. The Labute approximate surface area is 129 Å². The molecular formula is C17H13BrOS. The molecule has 0 heterocycles. The minimum atomic E-state index is -1.03. The van der Waals surface area contributed by atoms with Crippen molar-refractivity contribution in [2.45, 2.75) is 4.90 Å². The minimum absolute atomic E-state index is 0.850. The molecule has 3 rings (SSSR count). The van der Waals surface area contributed by atoms with Gasteiger partial charge in [-0.1, -0.05) is 48.5 Å². The van der Waals surface area contributed by atoms with Crippen molar-refractivity contribution in [3.63, 3.8) is 0 Å². The van der Waals surface area contributed by atoms with Gasteiger partial charge in [0.25, 0.3) is 0 Å². The van der Waals surface area contributed by atoms with Crippen molar-refractivity contribution in [1.82, 2.24) is 0 Å². The molecule has 1 unspecified atom stereocenters. The molecule has 0 spiro atoms. The van der Waals surface area contributed by atoms with Crippen molar-refractivity contribution in [1.29, 1.82) is 0 Å². The lowest BCUT2D eigenvalue weighted by Gasteiger charge is -2.10. The molecule has 0 fully saturated rings. The Kier molecular flexibility index (Phi) is 3.72. The molecule has 3 aromatic rings. The van der Waals surface area contributed by atoms with E-state index in [9.17, 15) is 4.21 Å². The second-order valence-corrected chi connectivity index (χ2v) is 6.80. The Morgan fingerprint density at radius 1 is 0.900 bits per heavy atom. The molecule has 1 atom stereocenters. The second-order valence-electron chi connectivity index (χ2n) is 4.63. The summed E-state index contributed by atoms with van der Waals surface area (Å²) in [4.78, 5) is 0.850. The van der Waals surface area contributed by atoms with Crippen LogP contribution in [0.25, 0.3) is 21.9 Å². The fraction of sp³-hybridized carbons (Fsp3) is 0.0588. The van der Waals surface area contributed by atoms with Gasteiger partial charge in [0.2, 0.25) is 0 Å². The van der Waals surface area contributed by atoms with E-state index in [-0.39, 0.29) is 0 Å². The van der Waals surface area contributed by atoms with Crippen molar-refractivity contribution in [2.75, 3.05) is 6.26 Å². The Hall–Kier alpha value is -1.45. The molecule has 0 bridgehead atoms. The average Bonchev–Trinajstić information content (AvgIpc) is 2.46. The Morgan fingerprint density at radius 2 is 1.65 bits per heavy atom. The molecule has 3 heteroatoms. The number of hydrogen-bond acceptors (Lipinski definition) is 1. The van der Waals surface area contributed by atoms with Gasteiger partial charge in [0.1, 0.15) is 0 Å². The largest absolute Gasteiger partial charge is 0.255 e. The summed E-state index contributed by atoms with van der Waals surface area (Å²) in [5.41, 5.74) is 2.11. The molecule has 0 amide bonds. The van der Waals surface area contributed by atoms with Gasteiger partial charge in [-0.15, -0.1) is 0 Å². The van der Waals surface area contributed by atoms with E-state index in [1.807, 2.05) is 30.3 Å². The van der Waals surface area contributed by atoms with Crippen LogP contribution < -0.4 is 0 Å². The standard InChI is InChI=1S/C17H13BrOS/c1-20(19)17-15(7-4-8-16(17)18)14-10-9-12-5-2-3-6-13(12)11-14/h2-11H,1H3. The van der Waals surface area contributed by atoms with Gasteiger partial charge in [0.15, 0.2) is 0 Å². The molecule has 0 aliphatic rings. The smallest absolute Gasteiger partial charge is 0.0605 e. The first-order chi connectivity index (χ1) is 9.66. The van der Waals surface area contributed by atoms with Crippen LogP contribution in [0.3, 0.4) is 0 Å². The molecule has 0 saturated carbocycles. The van der Waals surface area contributed by atoms with E-state index in [0.717, 1.165) is 20.5 Å². The van der Waals surface area contributed by atoms with Crippen molar-refractivity contribution in [3.05, 3.63) is 65.1 Å². The predicted molar refractivity (Wildman–Crippen MR) is 89.4 cm³/mol. The topological polar surface area (TPSA) is 17.1 Å². The average molecular weight is 345 g/mol. The van der Waals surface area contributed by atoms with Crippen molar-refractivity contribution in [2.24, 2.45) is 0 Å². The van der Waals surface area contributed by atoms with Crippen molar-refractivity contribution < 1.29 is 4.21 Å². The van der Waals surface area contributed by atoms with E-state index >= 15 is 0 Å². The van der Waals surface area contributed by atoms with Gasteiger partial charge in [0, 0.05) is 10.7 Å². The highest BCUT2D eigenvalue weighted by Crippen LogP contribution is 2.33. The maximum Gasteiger partial charge on any atom is 0.0605 e. The van der Waals surface area contributed by atoms with Crippen LogP contribution in [0.15, 0.2) is 70.0 Å². The fourth-order valence-electron chi connectivity index (χ4n) is 2.39. The highest BCUT2D eigenvalue weighted by atomic mass is 79.9. The van der Waals surface area contributed by atoms with Gasteiger partial charge in [-0.2, -0.15) is 0 Å². The molecular weight excluding hydrogens is 332 g/mol. The van der Waals surface area contributed by atoms with Crippen LogP contribution in [0.2, 0.25) is 0 Å². The Morgan fingerprint density at radius 3 is 2.40 bits per heavy atom. The van der Waals surface area contributed by atoms with Crippen LogP contribution in [0.1, 0.15) is 0 Å². The van der Waals surface area contributed by atoms with E-state index in [2.05, 4.69) is 46.3 Å². The zero-order valence-corrected chi connectivity index (χ0v) is 13.4. The second kappa shape index (κ2) is 5.51. The van der Waals surface area contributed by atoms with Crippen LogP contribution in [-0.4, -0.2) is 10.5 Å². The minimum Gasteiger partial charge on any atom is -0.255 e. The van der Waals surface area contributed by atoms with Gasteiger partial charge in [-0.25, -0.2) is 0 Å². The third-order valence-corrected chi connectivity index (χ3v) is 5.25. The van der Waals surface area contributed by atoms with E-state index in [0.29, 0.717) is 0 Å². The molecule has 0 N–H and O–H groups in total. The maximum absolute atomic E-state index is 12.0.